The largest absolute Gasteiger partial charge is 0.496 e. The van der Waals surface area contributed by atoms with E-state index >= 15 is 0 Å². The van der Waals surface area contributed by atoms with E-state index in [1.807, 2.05) is 37.3 Å². The number of benzene rings is 2. The molecule has 1 fully saturated rings. The highest BCUT2D eigenvalue weighted by atomic mass is 16.6. The minimum Gasteiger partial charge on any atom is -0.496 e. The number of hydrogen-bond acceptors (Lipinski definition) is 4. The highest BCUT2D eigenvalue weighted by Crippen LogP contribution is 2.35. The van der Waals surface area contributed by atoms with Crippen LogP contribution in [0.3, 0.4) is 0 Å². The van der Waals surface area contributed by atoms with Crippen molar-refractivity contribution in [2.45, 2.75) is 25.2 Å². The van der Waals surface area contributed by atoms with Crippen LogP contribution < -0.4 is 10.1 Å². The lowest BCUT2D eigenvalue weighted by molar-refractivity contribution is 0.0814. The van der Waals surface area contributed by atoms with Gasteiger partial charge in [0.25, 0.3) is 5.91 Å². The Bertz CT molecular complexity index is 830. The third kappa shape index (κ3) is 4.70. The van der Waals surface area contributed by atoms with Crippen LogP contribution in [0.25, 0.3) is 0 Å². The SMILES string of the molecule is CCOC(=O)N1CCC(CNC(=O)c2ccccc2OC)(c2ccccc2)CC1. The van der Waals surface area contributed by atoms with Crippen LogP contribution in [0.2, 0.25) is 0 Å². The number of para-hydroxylation sites is 1. The summed E-state index contributed by atoms with van der Waals surface area (Å²) in [7, 11) is 1.56. The van der Waals surface area contributed by atoms with E-state index in [9.17, 15) is 9.59 Å². The maximum absolute atomic E-state index is 12.8. The summed E-state index contributed by atoms with van der Waals surface area (Å²) < 4.78 is 10.5. The molecule has 1 aliphatic rings. The second-order valence-electron chi connectivity index (χ2n) is 7.22. The minimum absolute atomic E-state index is 0.162. The van der Waals surface area contributed by atoms with Gasteiger partial charge in [-0.3, -0.25) is 4.79 Å². The van der Waals surface area contributed by atoms with Crippen molar-refractivity contribution in [3.63, 3.8) is 0 Å². The highest BCUT2D eigenvalue weighted by Gasteiger charge is 2.38. The van der Waals surface area contributed by atoms with Gasteiger partial charge in [0.05, 0.1) is 19.3 Å². The van der Waals surface area contributed by atoms with Crippen LogP contribution in [-0.2, 0) is 10.2 Å². The fraction of sp³-hybridized carbons (Fsp3) is 0.391. The van der Waals surface area contributed by atoms with Crippen LogP contribution in [0.4, 0.5) is 4.79 Å². The van der Waals surface area contributed by atoms with E-state index in [1.54, 1.807) is 24.1 Å². The van der Waals surface area contributed by atoms with Crippen LogP contribution in [0, 0.1) is 0 Å². The lowest BCUT2D eigenvalue weighted by Crippen LogP contribution is -2.50. The van der Waals surface area contributed by atoms with E-state index in [1.165, 1.54) is 5.56 Å². The molecule has 0 unspecified atom stereocenters. The molecule has 0 bridgehead atoms. The summed E-state index contributed by atoms with van der Waals surface area (Å²) in [5.41, 5.74) is 1.45. The van der Waals surface area contributed by atoms with Crippen molar-refractivity contribution in [2.24, 2.45) is 0 Å². The normalized spacial score (nSPS) is 15.4. The average molecular weight is 396 g/mol. The molecule has 1 heterocycles. The minimum atomic E-state index is -0.271. The number of methoxy groups -OCH3 is 1. The van der Waals surface area contributed by atoms with E-state index in [2.05, 4.69) is 17.4 Å². The molecule has 0 aliphatic carbocycles. The Labute approximate surface area is 171 Å². The second-order valence-corrected chi connectivity index (χ2v) is 7.22. The molecule has 2 aromatic carbocycles. The van der Waals surface area contributed by atoms with E-state index in [-0.39, 0.29) is 17.4 Å². The monoisotopic (exact) mass is 396 g/mol. The number of hydrogen-bond donors (Lipinski definition) is 1. The van der Waals surface area contributed by atoms with Gasteiger partial charge in [-0.05, 0) is 37.5 Å². The first-order chi connectivity index (χ1) is 14.1. The van der Waals surface area contributed by atoms with Crippen molar-refractivity contribution in [1.82, 2.24) is 10.2 Å². The zero-order chi connectivity index (χ0) is 20.7. The van der Waals surface area contributed by atoms with Gasteiger partial charge in [-0.2, -0.15) is 0 Å². The van der Waals surface area contributed by atoms with E-state index in [4.69, 9.17) is 9.47 Å². The van der Waals surface area contributed by atoms with Crippen LogP contribution in [0.1, 0.15) is 35.7 Å². The number of likely N-dealkylation sites (tertiary alicyclic amines) is 1. The first kappa shape index (κ1) is 20.7. The molecule has 0 spiro atoms. The van der Waals surface area contributed by atoms with Crippen molar-refractivity contribution in [1.29, 1.82) is 0 Å². The molecule has 1 N–H and O–H groups in total. The molecule has 154 valence electrons. The predicted molar refractivity (Wildman–Crippen MR) is 111 cm³/mol. The maximum Gasteiger partial charge on any atom is 0.409 e. The van der Waals surface area contributed by atoms with E-state index in [0.717, 1.165) is 12.8 Å². The van der Waals surface area contributed by atoms with Gasteiger partial charge >= 0.3 is 6.09 Å². The number of carbonyl (C=O) groups is 2. The Morgan fingerprint density at radius 3 is 2.34 bits per heavy atom. The van der Waals surface area contributed by atoms with Gasteiger partial charge in [0.15, 0.2) is 0 Å². The summed E-state index contributed by atoms with van der Waals surface area (Å²) in [6.45, 7) is 3.86. The fourth-order valence-electron chi connectivity index (χ4n) is 3.87. The van der Waals surface area contributed by atoms with Gasteiger partial charge < -0.3 is 19.7 Å². The zero-order valence-electron chi connectivity index (χ0n) is 17.0. The first-order valence-corrected chi connectivity index (χ1v) is 9.98. The van der Waals surface area contributed by atoms with Gasteiger partial charge in [-0.15, -0.1) is 0 Å². The molecule has 3 rings (SSSR count). The molecule has 0 saturated carbocycles. The summed E-state index contributed by atoms with van der Waals surface area (Å²) in [4.78, 5) is 26.7. The number of amides is 2. The Kier molecular flexibility index (Phi) is 6.75. The summed E-state index contributed by atoms with van der Waals surface area (Å²) in [5.74, 6) is 0.390. The number of carbonyl (C=O) groups excluding carboxylic acids is 2. The van der Waals surface area contributed by atoms with Crippen LogP contribution in [0.15, 0.2) is 54.6 Å². The lowest BCUT2D eigenvalue weighted by atomic mass is 9.72. The zero-order valence-corrected chi connectivity index (χ0v) is 17.0. The molecule has 6 heteroatoms. The smallest absolute Gasteiger partial charge is 0.409 e. The van der Waals surface area contributed by atoms with Crippen molar-refractivity contribution >= 4 is 12.0 Å². The Morgan fingerprint density at radius 2 is 1.69 bits per heavy atom. The second kappa shape index (κ2) is 9.45. The fourth-order valence-corrected chi connectivity index (χ4v) is 3.87. The molecule has 0 radical (unpaired) electrons. The van der Waals surface area contributed by atoms with Gasteiger partial charge in [0.1, 0.15) is 5.75 Å². The predicted octanol–water partition coefficient (Wildman–Crippen LogP) is 3.62. The molecule has 0 aromatic heterocycles. The number of piperidine rings is 1. The number of nitrogens with zero attached hydrogens (tertiary/aromatic N) is 1. The van der Waals surface area contributed by atoms with Gasteiger partial charge in [-0.1, -0.05) is 42.5 Å². The maximum atomic E-state index is 12.8. The van der Waals surface area contributed by atoms with Crippen LogP contribution in [-0.4, -0.2) is 50.3 Å². The van der Waals surface area contributed by atoms with Gasteiger partial charge in [0, 0.05) is 25.0 Å². The average Bonchev–Trinajstić information content (AvgIpc) is 2.78. The van der Waals surface area contributed by atoms with Crippen LogP contribution in [0.5, 0.6) is 5.75 Å². The lowest BCUT2D eigenvalue weighted by Gasteiger charge is -2.42. The van der Waals surface area contributed by atoms with E-state index < -0.39 is 0 Å². The Morgan fingerprint density at radius 1 is 1.03 bits per heavy atom. The Hall–Kier alpha value is -3.02. The molecular formula is C23H28N2O4. The van der Waals surface area contributed by atoms with Crippen molar-refractivity contribution < 1.29 is 19.1 Å². The van der Waals surface area contributed by atoms with Gasteiger partial charge in [-0.25, -0.2) is 4.79 Å². The van der Waals surface area contributed by atoms with Gasteiger partial charge in [0.2, 0.25) is 0 Å². The van der Waals surface area contributed by atoms with Crippen LogP contribution >= 0.6 is 0 Å². The quantitative estimate of drug-likeness (QED) is 0.810. The molecule has 29 heavy (non-hydrogen) atoms. The summed E-state index contributed by atoms with van der Waals surface area (Å²) in [6.07, 6.45) is 1.23. The molecule has 2 aromatic rings. The third-order valence-corrected chi connectivity index (χ3v) is 5.57. The Balaban J connectivity index is 1.76. The van der Waals surface area contributed by atoms with Crippen molar-refractivity contribution in [2.75, 3.05) is 33.4 Å². The summed E-state index contributed by atoms with van der Waals surface area (Å²) in [6, 6.07) is 17.4. The topological polar surface area (TPSA) is 67.9 Å². The van der Waals surface area contributed by atoms with Crippen molar-refractivity contribution in [3.05, 3.63) is 65.7 Å². The molecule has 6 nitrogen and oxygen atoms in total. The number of nitrogens with one attached hydrogen (secondary N) is 1. The molecule has 1 aliphatic heterocycles. The number of rotatable bonds is 6. The summed E-state index contributed by atoms with van der Waals surface area (Å²) in [5, 5.41) is 3.10. The highest BCUT2D eigenvalue weighted by molar-refractivity contribution is 5.97. The molecule has 0 atom stereocenters. The molecule has 1 saturated heterocycles. The molecular weight excluding hydrogens is 368 g/mol. The van der Waals surface area contributed by atoms with Crippen molar-refractivity contribution in [3.8, 4) is 5.75 Å². The van der Waals surface area contributed by atoms with E-state index in [0.29, 0.717) is 37.6 Å². The third-order valence-electron chi connectivity index (χ3n) is 5.57. The summed E-state index contributed by atoms with van der Waals surface area (Å²) >= 11 is 0. The first-order valence-electron chi connectivity index (χ1n) is 9.98. The molecule has 2 amide bonds. The standard InChI is InChI=1S/C23H28N2O4/c1-3-29-22(27)25-15-13-23(14-16-25,18-9-5-4-6-10-18)17-24-21(26)19-11-7-8-12-20(19)28-2/h4-12H,3,13-17H2,1-2H3,(H,24,26). The number of ether oxygens (including phenoxy) is 2.